The number of amides is 1. The summed E-state index contributed by atoms with van der Waals surface area (Å²) in [6.45, 7) is 5.38. The predicted molar refractivity (Wildman–Crippen MR) is 135 cm³/mol. The number of anilines is 1. The zero-order valence-corrected chi connectivity index (χ0v) is 20.7. The van der Waals surface area contributed by atoms with E-state index < -0.39 is 0 Å². The minimum atomic E-state index is 0.0776. The summed E-state index contributed by atoms with van der Waals surface area (Å²) in [5.74, 6) is 2.36. The minimum absolute atomic E-state index is 0.0776. The van der Waals surface area contributed by atoms with Gasteiger partial charge >= 0.3 is 0 Å². The van der Waals surface area contributed by atoms with E-state index in [1.807, 2.05) is 47.4 Å². The van der Waals surface area contributed by atoms with Crippen molar-refractivity contribution in [2.24, 2.45) is 5.92 Å². The molecule has 2 fully saturated rings. The van der Waals surface area contributed by atoms with Gasteiger partial charge in [-0.1, -0.05) is 41.0 Å². The number of benzene rings is 2. The minimum Gasteiger partial charge on any atom is -0.495 e. The van der Waals surface area contributed by atoms with Crippen molar-refractivity contribution < 1.29 is 14.1 Å². The molecule has 184 valence electrons. The average Bonchev–Trinajstić information content (AvgIpc) is 3.37. The number of hydrogen-bond acceptors (Lipinski definition) is 7. The monoisotopic (exact) mass is 495 g/mol. The number of aromatic nitrogens is 2. The Morgan fingerprint density at radius 1 is 1.06 bits per heavy atom. The van der Waals surface area contributed by atoms with Crippen LogP contribution in [0, 0.1) is 5.92 Å². The highest BCUT2D eigenvalue weighted by Gasteiger charge is 2.31. The Kier molecular flexibility index (Phi) is 7.20. The molecular formula is C26H30ClN5O3. The van der Waals surface area contributed by atoms with Crippen molar-refractivity contribution in [2.75, 3.05) is 51.3 Å². The number of likely N-dealkylation sites (tertiary alicyclic amines) is 1. The fraction of sp³-hybridized carbons (Fsp3) is 0.423. The zero-order valence-electron chi connectivity index (χ0n) is 19.9. The Balaban J connectivity index is 1.10. The lowest BCUT2D eigenvalue weighted by Gasteiger charge is -2.39. The molecule has 0 bridgehead atoms. The third-order valence-corrected chi connectivity index (χ3v) is 7.10. The number of hydrogen-bond donors (Lipinski definition) is 0. The van der Waals surface area contributed by atoms with Gasteiger partial charge in [0.15, 0.2) is 0 Å². The molecule has 0 N–H and O–H groups in total. The van der Waals surface area contributed by atoms with Gasteiger partial charge in [0.2, 0.25) is 17.6 Å². The van der Waals surface area contributed by atoms with Gasteiger partial charge in [-0.15, -0.1) is 0 Å². The summed E-state index contributed by atoms with van der Waals surface area (Å²) in [6.07, 6.45) is 1.70. The number of carbonyl (C=O) groups excluding carboxylic acids is 1. The normalized spacial score (nSPS) is 17.5. The topological polar surface area (TPSA) is 74.9 Å². The summed E-state index contributed by atoms with van der Waals surface area (Å²) in [4.78, 5) is 24.3. The van der Waals surface area contributed by atoms with Gasteiger partial charge < -0.3 is 19.1 Å². The lowest BCUT2D eigenvalue weighted by Crippen LogP contribution is -2.51. The van der Waals surface area contributed by atoms with Gasteiger partial charge in [0.05, 0.1) is 19.3 Å². The van der Waals surface area contributed by atoms with Crippen LogP contribution in [0.3, 0.4) is 0 Å². The second-order valence-corrected chi connectivity index (χ2v) is 9.49. The van der Waals surface area contributed by atoms with Crippen molar-refractivity contribution in [3.05, 3.63) is 59.4 Å². The number of nitrogens with zero attached hydrogens (tertiary/aromatic N) is 5. The Labute approximate surface area is 210 Å². The van der Waals surface area contributed by atoms with E-state index in [4.69, 9.17) is 20.9 Å². The van der Waals surface area contributed by atoms with Crippen LogP contribution < -0.4 is 9.64 Å². The van der Waals surface area contributed by atoms with Crippen LogP contribution in [0.15, 0.2) is 53.1 Å². The van der Waals surface area contributed by atoms with Crippen LogP contribution in [0.1, 0.15) is 18.7 Å². The van der Waals surface area contributed by atoms with Crippen LogP contribution >= 0.6 is 11.6 Å². The van der Waals surface area contributed by atoms with Crippen LogP contribution in [0.25, 0.3) is 11.4 Å². The summed E-state index contributed by atoms with van der Waals surface area (Å²) in [5.41, 5.74) is 1.93. The predicted octanol–water partition coefficient (Wildman–Crippen LogP) is 3.96. The van der Waals surface area contributed by atoms with E-state index in [0.29, 0.717) is 23.3 Å². The van der Waals surface area contributed by atoms with Crippen molar-refractivity contribution in [1.82, 2.24) is 19.9 Å². The first-order valence-corrected chi connectivity index (χ1v) is 12.5. The van der Waals surface area contributed by atoms with Gasteiger partial charge in [-0.25, -0.2) is 0 Å². The third kappa shape index (κ3) is 5.44. The van der Waals surface area contributed by atoms with Gasteiger partial charge in [-0.05, 0) is 50.2 Å². The van der Waals surface area contributed by atoms with Crippen molar-refractivity contribution in [3.63, 3.8) is 0 Å². The van der Waals surface area contributed by atoms with Crippen molar-refractivity contribution in [1.29, 1.82) is 0 Å². The first-order chi connectivity index (χ1) is 17.1. The number of ether oxygens (including phenoxy) is 1. The van der Waals surface area contributed by atoms with E-state index in [1.165, 1.54) is 0 Å². The standard InChI is InChI=1S/C26H30ClN5O3/c1-34-23-8-3-2-7-22(23)31-13-15-32(16-14-31)26(33)19-9-11-30(12-10-19)18-24-28-25(29-35-24)20-5-4-6-21(27)17-20/h2-8,17,19H,9-16,18H2,1H3. The van der Waals surface area contributed by atoms with E-state index in [-0.39, 0.29) is 11.8 Å². The van der Waals surface area contributed by atoms with Gasteiger partial charge in [0, 0.05) is 42.7 Å². The number of para-hydroxylation sites is 2. The lowest BCUT2D eigenvalue weighted by molar-refractivity contribution is -0.137. The molecule has 3 heterocycles. The zero-order chi connectivity index (χ0) is 24.2. The fourth-order valence-corrected chi connectivity index (χ4v) is 5.10. The quantitative estimate of drug-likeness (QED) is 0.512. The van der Waals surface area contributed by atoms with Gasteiger partial charge in [0.25, 0.3) is 0 Å². The van der Waals surface area contributed by atoms with Crippen LogP contribution in [-0.2, 0) is 11.3 Å². The molecule has 2 saturated heterocycles. The molecule has 35 heavy (non-hydrogen) atoms. The molecule has 5 rings (SSSR count). The Bertz CT molecular complexity index is 1150. The maximum absolute atomic E-state index is 13.2. The number of piperidine rings is 1. The largest absolute Gasteiger partial charge is 0.495 e. The molecule has 0 radical (unpaired) electrons. The van der Waals surface area contributed by atoms with E-state index in [1.54, 1.807) is 7.11 Å². The highest BCUT2D eigenvalue weighted by Crippen LogP contribution is 2.29. The molecule has 0 atom stereocenters. The highest BCUT2D eigenvalue weighted by atomic mass is 35.5. The smallest absolute Gasteiger partial charge is 0.241 e. The first kappa shape index (κ1) is 23.6. The first-order valence-electron chi connectivity index (χ1n) is 12.1. The lowest BCUT2D eigenvalue weighted by atomic mass is 9.95. The van der Waals surface area contributed by atoms with Gasteiger partial charge in [-0.2, -0.15) is 4.98 Å². The van der Waals surface area contributed by atoms with Gasteiger partial charge in [-0.3, -0.25) is 9.69 Å². The van der Waals surface area contributed by atoms with Crippen LogP contribution in [0.4, 0.5) is 5.69 Å². The maximum Gasteiger partial charge on any atom is 0.241 e. The number of piperazine rings is 1. The SMILES string of the molecule is COc1ccccc1N1CCN(C(=O)C2CCN(Cc3nc(-c4cccc(Cl)c4)no3)CC2)CC1. The molecule has 0 saturated carbocycles. The summed E-state index contributed by atoms with van der Waals surface area (Å²) >= 11 is 6.07. The molecule has 9 heteroatoms. The summed E-state index contributed by atoms with van der Waals surface area (Å²) in [7, 11) is 1.70. The van der Waals surface area contributed by atoms with E-state index in [0.717, 1.165) is 69.1 Å². The summed E-state index contributed by atoms with van der Waals surface area (Å²) < 4.78 is 11.0. The molecule has 8 nitrogen and oxygen atoms in total. The summed E-state index contributed by atoms with van der Waals surface area (Å²) in [6, 6.07) is 15.5. The van der Waals surface area contributed by atoms with E-state index in [2.05, 4.69) is 26.0 Å². The molecule has 2 aliphatic heterocycles. The third-order valence-electron chi connectivity index (χ3n) is 6.86. The van der Waals surface area contributed by atoms with Crippen LogP contribution in [0.2, 0.25) is 5.02 Å². The van der Waals surface area contributed by atoms with E-state index >= 15 is 0 Å². The molecule has 0 unspecified atom stereocenters. The summed E-state index contributed by atoms with van der Waals surface area (Å²) in [5, 5.41) is 4.73. The molecule has 3 aromatic rings. The van der Waals surface area contributed by atoms with E-state index in [9.17, 15) is 4.79 Å². The number of rotatable bonds is 6. The molecule has 1 aromatic heterocycles. The van der Waals surface area contributed by atoms with Gasteiger partial charge in [0.1, 0.15) is 5.75 Å². The molecule has 0 spiro atoms. The van der Waals surface area contributed by atoms with Crippen molar-refractivity contribution >= 4 is 23.2 Å². The number of halogens is 1. The second kappa shape index (κ2) is 10.7. The molecule has 2 aliphatic rings. The maximum atomic E-state index is 13.2. The Morgan fingerprint density at radius 3 is 2.57 bits per heavy atom. The highest BCUT2D eigenvalue weighted by molar-refractivity contribution is 6.30. The molecule has 1 amide bonds. The Hall–Kier alpha value is -3.10. The van der Waals surface area contributed by atoms with Crippen LogP contribution in [0.5, 0.6) is 5.75 Å². The molecule has 0 aliphatic carbocycles. The number of carbonyl (C=O) groups is 1. The van der Waals surface area contributed by atoms with Crippen molar-refractivity contribution in [2.45, 2.75) is 19.4 Å². The average molecular weight is 496 g/mol. The molecular weight excluding hydrogens is 466 g/mol. The molecule has 2 aromatic carbocycles. The Morgan fingerprint density at radius 2 is 1.83 bits per heavy atom. The fourth-order valence-electron chi connectivity index (χ4n) is 4.91. The number of methoxy groups -OCH3 is 1. The van der Waals surface area contributed by atoms with Crippen molar-refractivity contribution in [3.8, 4) is 17.1 Å². The van der Waals surface area contributed by atoms with Crippen LogP contribution in [-0.4, -0.2) is 72.2 Å². The second-order valence-electron chi connectivity index (χ2n) is 9.06.